The molecule has 42 heavy (non-hydrogen) atoms. The van der Waals surface area contributed by atoms with E-state index >= 15 is 0 Å². The summed E-state index contributed by atoms with van der Waals surface area (Å²) in [5.74, 6) is -0.0278. The third kappa shape index (κ3) is 4.70. The Hall–Kier alpha value is -3.63. The van der Waals surface area contributed by atoms with Crippen LogP contribution in [0.1, 0.15) is 29.6 Å². The summed E-state index contributed by atoms with van der Waals surface area (Å²) in [5, 5.41) is 0. The molecular formula is C32H38N2O8. The monoisotopic (exact) mass is 578 g/mol. The number of hydrogen-bond acceptors (Lipinski definition) is 10. The van der Waals surface area contributed by atoms with Crippen molar-refractivity contribution in [3.8, 4) is 17.2 Å². The Morgan fingerprint density at radius 2 is 1.74 bits per heavy atom. The first-order valence-electron chi connectivity index (χ1n) is 14.4. The van der Waals surface area contributed by atoms with E-state index in [2.05, 4.69) is 23.1 Å². The molecule has 1 aromatic rings. The number of nitrogens with zero attached hydrogens (tertiary/aromatic N) is 2. The van der Waals surface area contributed by atoms with Crippen molar-refractivity contribution in [2.75, 3.05) is 48.6 Å². The summed E-state index contributed by atoms with van der Waals surface area (Å²) in [6.07, 6.45) is 9.49. The van der Waals surface area contributed by atoms with Gasteiger partial charge in [0.05, 0.1) is 57.4 Å². The molecule has 2 fully saturated rings. The van der Waals surface area contributed by atoms with Crippen LogP contribution in [0, 0.1) is 23.7 Å². The van der Waals surface area contributed by atoms with Crippen molar-refractivity contribution in [1.29, 1.82) is 0 Å². The number of allylic oxidation sites excluding steroid dienone is 4. The van der Waals surface area contributed by atoms with Crippen LogP contribution in [-0.4, -0.2) is 89.4 Å². The number of carbonyl (C=O) groups excluding carboxylic acids is 2. The Balaban J connectivity index is 1.28. The molecule has 0 aromatic heterocycles. The van der Waals surface area contributed by atoms with E-state index < -0.39 is 24.1 Å². The van der Waals surface area contributed by atoms with Crippen molar-refractivity contribution in [2.45, 2.75) is 37.5 Å². The fourth-order valence-electron chi connectivity index (χ4n) is 7.69. The predicted molar refractivity (Wildman–Crippen MR) is 154 cm³/mol. The first-order chi connectivity index (χ1) is 20.4. The van der Waals surface area contributed by atoms with E-state index in [-0.39, 0.29) is 35.3 Å². The van der Waals surface area contributed by atoms with Gasteiger partial charge < -0.3 is 28.4 Å². The second-order valence-corrected chi connectivity index (χ2v) is 11.4. The molecule has 7 atom stereocenters. The Bertz CT molecular complexity index is 1360. The largest absolute Gasteiger partial charge is 0.493 e. The maximum atomic E-state index is 13.5. The molecule has 1 saturated carbocycles. The van der Waals surface area contributed by atoms with Gasteiger partial charge in [0.25, 0.3) is 0 Å². The highest BCUT2D eigenvalue weighted by molar-refractivity contribution is 6.04. The topological polar surface area (TPSA) is 105 Å². The number of aliphatic imine (C=N–C) groups is 1. The fraction of sp³-hybridized carbons (Fsp3) is 0.531. The molecule has 0 spiro atoms. The average molecular weight is 579 g/mol. The van der Waals surface area contributed by atoms with Gasteiger partial charge in [-0.25, -0.2) is 4.79 Å². The molecule has 5 aliphatic rings. The summed E-state index contributed by atoms with van der Waals surface area (Å²) in [6, 6.07) is 3.26. The first-order valence-corrected chi connectivity index (χ1v) is 14.4. The summed E-state index contributed by atoms with van der Waals surface area (Å²) in [5.41, 5.74) is 3.91. The molecule has 1 unspecified atom stereocenters. The number of piperidine rings is 1. The van der Waals surface area contributed by atoms with E-state index in [0.29, 0.717) is 23.7 Å². The predicted octanol–water partition coefficient (Wildman–Crippen LogP) is 3.61. The zero-order chi connectivity index (χ0) is 29.5. The van der Waals surface area contributed by atoms with Gasteiger partial charge in [0.15, 0.2) is 11.5 Å². The molecule has 10 nitrogen and oxygen atoms in total. The molecule has 0 N–H and O–H groups in total. The van der Waals surface area contributed by atoms with Crippen molar-refractivity contribution in [2.24, 2.45) is 28.7 Å². The zero-order valence-electron chi connectivity index (χ0n) is 24.7. The molecule has 1 saturated heterocycles. The maximum Gasteiger partial charge on any atom is 0.338 e. The SMILES string of the molecule is COC(=O)[C@H]1[C@H]2C[C@@H]3C4=C(CCN3C[C@H]2C[C@@H](OC(=O)c2cc(OC)c(OC)c(OC)c2)[C@@H]1OC)C1C=CC=CC1=N4. The lowest BCUT2D eigenvalue weighted by Gasteiger charge is -2.53. The molecule has 0 amide bonds. The molecule has 3 heterocycles. The molecule has 2 aliphatic carbocycles. The summed E-state index contributed by atoms with van der Waals surface area (Å²) in [7, 11) is 7.44. The number of fused-ring (bicyclic) bond motifs is 5. The number of hydrogen-bond donors (Lipinski definition) is 0. The fourth-order valence-corrected chi connectivity index (χ4v) is 7.69. The minimum Gasteiger partial charge on any atom is -0.493 e. The van der Waals surface area contributed by atoms with Crippen LogP contribution >= 0.6 is 0 Å². The first kappa shape index (κ1) is 28.5. The van der Waals surface area contributed by atoms with Crippen LogP contribution in [0.15, 0.2) is 52.7 Å². The highest BCUT2D eigenvalue weighted by Crippen LogP contribution is 2.49. The van der Waals surface area contributed by atoms with Crippen LogP contribution in [0.4, 0.5) is 0 Å². The molecule has 3 aliphatic heterocycles. The molecule has 6 rings (SSSR count). The van der Waals surface area contributed by atoms with Crippen molar-refractivity contribution < 1.29 is 38.0 Å². The summed E-state index contributed by atoms with van der Waals surface area (Å²) < 4.78 is 33.6. The molecule has 10 heteroatoms. The molecule has 0 radical (unpaired) electrons. The van der Waals surface area contributed by atoms with E-state index in [0.717, 1.165) is 37.3 Å². The maximum absolute atomic E-state index is 13.5. The quantitative estimate of drug-likeness (QED) is 0.449. The van der Waals surface area contributed by atoms with Crippen LogP contribution in [0.5, 0.6) is 17.2 Å². The molecule has 1 aromatic carbocycles. The lowest BCUT2D eigenvalue weighted by atomic mass is 9.63. The molecule has 0 bridgehead atoms. The third-order valence-corrected chi connectivity index (χ3v) is 9.57. The molecule has 224 valence electrons. The normalized spacial score (nSPS) is 31.3. The summed E-state index contributed by atoms with van der Waals surface area (Å²) >= 11 is 0. The smallest absolute Gasteiger partial charge is 0.338 e. The lowest BCUT2D eigenvalue weighted by molar-refractivity contribution is -0.175. The van der Waals surface area contributed by atoms with Gasteiger partial charge >= 0.3 is 11.9 Å². The number of benzene rings is 1. The lowest BCUT2D eigenvalue weighted by Crippen LogP contribution is -2.60. The van der Waals surface area contributed by atoms with Crippen LogP contribution in [0.3, 0.4) is 0 Å². The van der Waals surface area contributed by atoms with Crippen molar-refractivity contribution in [1.82, 2.24) is 4.90 Å². The minimum absolute atomic E-state index is 0.000499. The Morgan fingerprint density at radius 3 is 2.40 bits per heavy atom. The van der Waals surface area contributed by atoms with Gasteiger partial charge in [0.2, 0.25) is 5.75 Å². The van der Waals surface area contributed by atoms with Gasteiger partial charge in [-0.3, -0.25) is 14.7 Å². The Kier molecular flexibility index (Phi) is 7.85. The number of carbonyl (C=O) groups is 2. The van der Waals surface area contributed by atoms with Crippen LogP contribution in [-0.2, 0) is 19.0 Å². The van der Waals surface area contributed by atoms with Crippen LogP contribution < -0.4 is 14.2 Å². The highest BCUT2D eigenvalue weighted by atomic mass is 16.6. The van der Waals surface area contributed by atoms with Gasteiger partial charge in [0.1, 0.15) is 12.2 Å². The zero-order valence-corrected chi connectivity index (χ0v) is 24.7. The van der Waals surface area contributed by atoms with E-state index in [1.54, 1.807) is 19.2 Å². The highest BCUT2D eigenvalue weighted by Gasteiger charge is 2.55. The third-order valence-electron chi connectivity index (χ3n) is 9.57. The van der Waals surface area contributed by atoms with Crippen molar-refractivity contribution in [3.05, 3.63) is 53.3 Å². The van der Waals surface area contributed by atoms with Gasteiger partial charge in [-0.05, 0) is 54.9 Å². The van der Waals surface area contributed by atoms with E-state index in [9.17, 15) is 9.59 Å². The second kappa shape index (κ2) is 11.6. The second-order valence-electron chi connectivity index (χ2n) is 11.4. The van der Waals surface area contributed by atoms with Crippen LogP contribution in [0.25, 0.3) is 0 Å². The Morgan fingerprint density at radius 1 is 0.976 bits per heavy atom. The van der Waals surface area contributed by atoms with Crippen LogP contribution in [0.2, 0.25) is 0 Å². The average Bonchev–Trinajstić information content (AvgIpc) is 3.41. The summed E-state index contributed by atoms with van der Waals surface area (Å²) in [6.45, 7) is 1.73. The van der Waals surface area contributed by atoms with Gasteiger partial charge in [-0.15, -0.1) is 0 Å². The van der Waals surface area contributed by atoms with Gasteiger partial charge in [0, 0.05) is 26.1 Å². The van der Waals surface area contributed by atoms with E-state index in [1.807, 2.05) is 6.08 Å². The number of rotatable bonds is 7. The molecular weight excluding hydrogens is 540 g/mol. The minimum atomic E-state index is -0.656. The number of methoxy groups -OCH3 is 5. The van der Waals surface area contributed by atoms with E-state index in [4.69, 9.17) is 33.4 Å². The van der Waals surface area contributed by atoms with Crippen molar-refractivity contribution >= 4 is 17.7 Å². The standard InChI is InChI=1S/C32H38N2O8/c1-37-24-12-17(13-25(38-2)29(24)39-3)31(35)42-26-14-18-16-34-11-10-20-19-8-6-7-9-22(19)33-28(20)23(34)15-21(18)27(30(26)40-4)32(36)41-5/h6-9,12-13,18-19,21,23,26-27,30H,10-11,14-16H2,1-5H3/t18-,19?,21+,23-,26-,27+,30+/m1/s1. The number of esters is 2. The number of ether oxygens (including phenoxy) is 6. The van der Waals surface area contributed by atoms with Gasteiger partial charge in [-0.2, -0.15) is 0 Å². The Labute approximate surface area is 245 Å². The van der Waals surface area contributed by atoms with Crippen molar-refractivity contribution in [3.63, 3.8) is 0 Å². The van der Waals surface area contributed by atoms with E-state index in [1.165, 1.54) is 34.0 Å². The van der Waals surface area contributed by atoms with Gasteiger partial charge in [-0.1, -0.05) is 18.2 Å². The summed E-state index contributed by atoms with van der Waals surface area (Å²) in [4.78, 5) is 34.4.